The Hall–Kier alpha value is -3.62. The molecule has 0 fully saturated rings. The molecular formula is C21H17F3N2O4. The third-order valence-electron chi connectivity index (χ3n) is 4.02. The summed E-state index contributed by atoms with van der Waals surface area (Å²) in [5, 5.41) is 2.62. The van der Waals surface area contributed by atoms with Crippen molar-refractivity contribution in [1.82, 2.24) is 4.98 Å². The molecule has 0 aliphatic heterocycles. The number of ether oxygens (including phenoxy) is 1. The normalized spacial score (nSPS) is 11.2. The van der Waals surface area contributed by atoms with Crippen molar-refractivity contribution in [2.24, 2.45) is 0 Å². The standard InChI is InChI=1S/C21H17F3N2O4/c1-3-29-20(28)17-18(13-6-10-16(11-7-13)25-12(2)27)30-19(26-17)14-4-8-15(9-5-14)21(22,23)24/h4-11H,3H2,1-2H3,(H,25,27). The number of alkyl halides is 3. The molecule has 3 aromatic rings. The second kappa shape index (κ2) is 8.40. The first kappa shape index (κ1) is 21.1. The van der Waals surface area contributed by atoms with E-state index in [0.29, 0.717) is 11.3 Å². The number of amides is 1. The fourth-order valence-electron chi connectivity index (χ4n) is 2.69. The topological polar surface area (TPSA) is 81.4 Å². The van der Waals surface area contributed by atoms with Gasteiger partial charge >= 0.3 is 12.1 Å². The van der Waals surface area contributed by atoms with Crippen LogP contribution in [0.3, 0.4) is 0 Å². The van der Waals surface area contributed by atoms with Gasteiger partial charge in [0.2, 0.25) is 11.8 Å². The molecule has 0 aliphatic rings. The van der Waals surface area contributed by atoms with Gasteiger partial charge in [0.25, 0.3) is 0 Å². The predicted molar refractivity (Wildman–Crippen MR) is 103 cm³/mol. The number of benzene rings is 2. The Morgan fingerprint density at radius 2 is 1.63 bits per heavy atom. The van der Waals surface area contributed by atoms with Crippen molar-refractivity contribution in [3.8, 4) is 22.8 Å². The van der Waals surface area contributed by atoms with E-state index in [1.807, 2.05) is 0 Å². The summed E-state index contributed by atoms with van der Waals surface area (Å²) in [6, 6.07) is 10.7. The Labute approximate surface area is 169 Å². The summed E-state index contributed by atoms with van der Waals surface area (Å²) >= 11 is 0. The Morgan fingerprint density at radius 1 is 1.03 bits per heavy atom. The highest BCUT2D eigenvalue weighted by Crippen LogP contribution is 2.34. The van der Waals surface area contributed by atoms with Crippen LogP contribution in [-0.4, -0.2) is 23.5 Å². The van der Waals surface area contributed by atoms with E-state index in [0.717, 1.165) is 12.1 Å². The van der Waals surface area contributed by atoms with Crippen LogP contribution in [0.25, 0.3) is 22.8 Å². The van der Waals surface area contributed by atoms with E-state index < -0.39 is 17.7 Å². The molecule has 0 radical (unpaired) electrons. The molecule has 0 saturated carbocycles. The molecule has 0 atom stereocenters. The van der Waals surface area contributed by atoms with Gasteiger partial charge in [0, 0.05) is 23.7 Å². The number of halogens is 3. The minimum Gasteiger partial charge on any atom is -0.461 e. The van der Waals surface area contributed by atoms with Gasteiger partial charge in [-0.1, -0.05) is 0 Å². The van der Waals surface area contributed by atoms with Crippen LogP contribution in [0.15, 0.2) is 52.9 Å². The first-order valence-electron chi connectivity index (χ1n) is 8.92. The fourth-order valence-corrected chi connectivity index (χ4v) is 2.69. The molecule has 1 heterocycles. The molecule has 156 valence electrons. The van der Waals surface area contributed by atoms with E-state index in [-0.39, 0.29) is 35.4 Å². The highest BCUT2D eigenvalue weighted by molar-refractivity contribution is 5.95. The summed E-state index contributed by atoms with van der Waals surface area (Å²) < 4.78 is 49.1. The summed E-state index contributed by atoms with van der Waals surface area (Å²) in [7, 11) is 0. The third kappa shape index (κ3) is 4.68. The van der Waals surface area contributed by atoms with E-state index in [4.69, 9.17) is 9.15 Å². The summed E-state index contributed by atoms with van der Waals surface area (Å²) in [4.78, 5) is 27.6. The molecule has 0 bridgehead atoms. The molecule has 0 spiro atoms. The number of nitrogens with one attached hydrogen (secondary N) is 1. The Balaban J connectivity index is 2.01. The van der Waals surface area contributed by atoms with Crippen molar-refractivity contribution in [3.05, 3.63) is 59.8 Å². The second-order valence-electron chi connectivity index (χ2n) is 6.25. The van der Waals surface area contributed by atoms with Gasteiger partial charge in [0.1, 0.15) is 0 Å². The molecule has 2 aromatic carbocycles. The molecule has 1 amide bonds. The number of aromatic nitrogens is 1. The van der Waals surface area contributed by atoms with Gasteiger partial charge in [-0.15, -0.1) is 0 Å². The molecule has 0 unspecified atom stereocenters. The summed E-state index contributed by atoms with van der Waals surface area (Å²) in [5.41, 5.74) is 0.398. The highest BCUT2D eigenvalue weighted by Gasteiger charge is 2.30. The maximum Gasteiger partial charge on any atom is 0.416 e. The van der Waals surface area contributed by atoms with E-state index >= 15 is 0 Å². The number of nitrogens with zero attached hydrogens (tertiary/aromatic N) is 1. The number of hydrogen-bond acceptors (Lipinski definition) is 5. The first-order valence-corrected chi connectivity index (χ1v) is 8.92. The average Bonchev–Trinajstić information content (AvgIpc) is 3.13. The summed E-state index contributed by atoms with van der Waals surface area (Å²) in [5.74, 6) is -0.870. The number of rotatable bonds is 5. The third-order valence-corrected chi connectivity index (χ3v) is 4.02. The lowest BCUT2D eigenvalue weighted by atomic mass is 10.1. The van der Waals surface area contributed by atoms with E-state index in [1.54, 1.807) is 31.2 Å². The van der Waals surface area contributed by atoms with Crippen LogP contribution in [0.5, 0.6) is 0 Å². The maximum atomic E-state index is 12.8. The lowest BCUT2D eigenvalue weighted by Crippen LogP contribution is -2.07. The minimum absolute atomic E-state index is 0.0206. The largest absolute Gasteiger partial charge is 0.461 e. The zero-order valence-corrected chi connectivity index (χ0v) is 16.0. The Bertz CT molecular complexity index is 1060. The van der Waals surface area contributed by atoms with Crippen molar-refractivity contribution in [3.63, 3.8) is 0 Å². The van der Waals surface area contributed by atoms with Gasteiger partial charge in [-0.2, -0.15) is 13.2 Å². The Morgan fingerprint density at radius 3 is 2.17 bits per heavy atom. The van der Waals surface area contributed by atoms with Gasteiger partial charge in [0.05, 0.1) is 12.2 Å². The molecular weight excluding hydrogens is 401 g/mol. The quantitative estimate of drug-likeness (QED) is 0.579. The maximum absolute atomic E-state index is 12.8. The molecule has 0 saturated heterocycles. The lowest BCUT2D eigenvalue weighted by molar-refractivity contribution is -0.137. The SMILES string of the molecule is CCOC(=O)c1nc(-c2ccc(C(F)(F)F)cc2)oc1-c1ccc(NC(C)=O)cc1. The van der Waals surface area contributed by atoms with Gasteiger partial charge in [-0.25, -0.2) is 9.78 Å². The molecule has 1 N–H and O–H groups in total. The summed E-state index contributed by atoms with van der Waals surface area (Å²) in [6.45, 7) is 3.12. The molecule has 1 aromatic heterocycles. The van der Waals surface area contributed by atoms with Crippen LogP contribution in [0.4, 0.5) is 18.9 Å². The lowest BCUT2D eigenvalue weighted by Gasteiger charge is -2.06. The molecule has 30 heavy (non-hydrogen) atoms. The fraction of sp³-hybridized carbons (Fsp3) is 0.190. The zero-order valence-electron chi connectivity index (χ0n) is 16.0. The van der Waals surface area contributed by atoms with E-state index in [2.05, 4.69) is 10.3 Å². The van der Waals surface area contributed by atoms with E-state index in [1.165, 1.54) is 19.1 Å². The van der Waals surface area contributed by atoms with Crippen LogP contribution < -0.4 is 5.32 Å². The monoisotopic (exact) mass is 418 g/mol. The predicted octanol–water partition coefficient (Wildman–Crippen LogP) is 5.16. The number of carbonyl (C=O) groups is 2. The number of hydrogen-bond donors (Lipinski definition) is 1. The van der Waals surface area contributed by atoms with Gasteiger partial charge in [-0.05, 0) is 55.5 Å². The van der Waals surface area contributed by atoms with Crippen LogP contribution in [0, 0.1) is 0 Å². The summed E-state index contributed by atoms with van der Waals surface area (Å²) in [6.07, 6.45) is -4.47. The van der Waals surface area contributed by atoms with Gasteiger partial charge < -0.3 is 14.5 Å². The van der Waals surface area contributed by atoms with Gasteiger partial charge in [0.15, 0.2) is 11.5 Å². The van der Waals surface area contributed by atoms with Crippen LogP contribution in [-0.2, 0) is 15.7 Å². The van der Waals surface area contributed by atoms with Crippen molar-refractivity contribution < 1.29 is 31.9 Å². The van der Waals surface area contributed by atoms with Crippen molar-refractivity contribution >= 4 is 17.6 Å². The Kier molecular flexibility index (Phi) is 5.91. The minimum atomic E-state index is -4.47. The average molecular weight is 418 g/mol. The molecule has 9 heteroatoms. The van der Waals surface area contributed by atoms with Crippen molar-refractivity contribution in [2.75, 3.05) is 11.9 Å². The van der Waals surface area contributed by atoms with Crippen LogP contribution in [0.2, 0.25) is 0 Å². The van der Waals surface area contributed by atoms with Crippen LogP contribution in [0.1, 0.15) is 29.9 Å². The smallest absolute Gasteiger partial charge is 0.416 e. The number of oxazole rings is 1. The number of esters is 1. The van der Waals surface area contributed by atoms with E-state index in [9.17, 15) is 22.8 Å². The number of carbonyl (C=O) groups excluding carboxylic acids is 2. The van der Waals surface area contributed by atoms with Crippen molar-refractivity contribution in [1.29, 1.82) is 0 Å². The zero-order chi connectivity index (χ0) is 21.9. The first-order chi connectivity index (χ1) is 14.2. The number of anilines is 1. The molecule has 3 rings (SSSR count). The second-order valence-corrected chi connectivity index (χ2v) is 6.25. The van der Waals surface area contributed by atoms with Crippen molar-refractivity contribution in [2.45, 2.75) is 20.0 Å². The van der Waals surface area contributed by atoms with Crippen LogP contribution >= 0.6 is 0 Å². The molecule has 0 aliphatic carbocycles. The molecule has 6 nitrogen and oxygen atoms in total. The van der Waals surface area contributed by atoms with Gasteiger partial charge in [-0.3, -0.25) is 4.79 Å². The highest BCUT2D eigenvalue weighted by atomic mass is 19.4.